The molecule has 1 unspecified atom stereocenters. The van der Waals surface area contributed by atoms with Gasteiger partial charge in [-0.05, 0) is 36.2 Å². The van der Waals surface area contributed by atoms with Crippen LogP contribution in [0.2, 0.25) is 5.02 Å². The molecule has 0 spiro atoms. The van der Waals surface area contributed by atoms with Gasteiger partial charge in [-0.2, -0.15) is 0 Å². The second-order valence-corrected chi connectivity index (χ2v) is 5.43. The van der Waals surface area contributed by atoms with Crippen molar-refractivity contribution in [3.63, 3.8) is 0 Å². The van der Waals surface area contributed by atoms with E-state index in [1.807, 2.05) is 12.1 Å². The van der Waals surface area contributed by atoms with E-state index in [0.29, 0.717) is 28.5 Å². The predicted molar refractivity (Wildman–Crippen MR) is 83.3 cm³/mol. The molecule has 2 rings (SSSR count). The molecular formula is C16H15Cl2FO2. The molecule has 112 valence electrons. The van der Waals surface area contributed by atoms with Gasteiger partial charge in [0.15, 0.2) is 11.5 Å². The van der Waals surface area contributed by atoms with Gasteiger partial charge in [0.05, 0.1) is 19.6 Å². The number of hydrogen-bond donors (Lipinski definition) is 0. The van der Waals surface area contributed by atoms with Gasteiger partial charge in [-0.25, -0.2) is 4.39 Å². The molecule has 2 aromatic rings. The molecule has 0 N–H and O–H groups in total. The number of hydrogen-bond acceptors (Lipinski definition) is 2. The van der Waals surface area contributed by atoms with Crippen LogP contribution in [0.5, 0.6) is 11.5 Å². The van der Waals surface area contributed by atoms with E-state index in [4.69, 9.17) is 32.7 Å². The van der Waals surface area contributed by atoms with E-state index in [1.165, 1.54) is 6.07 Å². The Morgan fingerprint density at radius 1 is 1.10 bits per heavy atom. The van der Waals surface area contributed by atoms with Gasteiger partial charge in [0, 0.05) is 10.6 Å². The summed E-state index contributed by atoms with van der Waals surface area (Å²) in [6.45, 7) is 0. The average Bonchev–Trinajstić information content (AvgIpc) is 2.46. The van der Waals surface area contributed by atoms with Crippen LogP contribution < -0.4 is 9.47 Å². The van der Waals surface area contributed by atoms with E-state index in [-0.39, 0.29) is 0 Å². The van der Waals surface area contributed by atoms with Crippen molar-refractivity contribution in [2.24, 2.45) is 0 Å². The minimum absolute atomic E-state index is 0.315. The molecule has 0 aliphatic heterocycles. The highest BCUT2D eigenvalue weighted by molar-refractivity contribution is 6.32. The molecule has 0 heterocycles. The van der Waals surface area contributed by atoms with E-state index in [0.717, 1.165) is 5.56 Å². The Morgan fingerprint density at radius 2 is 1.81 bits per heavy atom. The summed E-state index contributed by atoms with van der Waals surface area (Å²) >= 11 is 12.4. The van der Waals surface area contributed by atoms with Crippen LogP contribution in [0.1, 0.15) is 16.5 Å². The van der Waals surface area contributed by atoms with Crippen LogP contribution >= 0.6 is 23.2 Å². The topological polar surface area (TPSA) is 18.5 Å². The Kier molecular flexibility index (Phi) is 5.32. The molecule has 5 heteroatoms. The maximum Gasteiger partial charge on any atom is 0.160 e. The zero-order valence-corrected chi connectivity index (χ0v) is 13.2. The van der Waals surface area contributed by atoms with Crippen LogP contribution in [-0.2, 0) is 6.42 Å². The largest absolute Gasteiger partial charge is 0.493 e. The second-order valence-electron chi connectivity index (χ2n) is 4.50. The summed E-state index contributed by atoms with van der Waals surface area (Å²) in [7, 11) is 3.13. The highest BCUT2D eigenvalue weighted by Gasteiger charge is 2.18. The van der Waals surface area contributed by atoms with E-state index in [2.05, 4.69) is 0 Å². The maximum atomic E-state index is 13.9. The van der Waals surface area contributed by atoms with Gasteiger partial charge in [-0.1, -0.05) is 23.7 Å². The van der Waals surface area contributed by atoms with Crippen molar-refractivity contribution in [2.45, 2.75) is 11.8 Å². The molecule has 0 bridgehead atoms. The van der Waals surface area contributed by atoms with Crippen LogP contribution in [0.25, 0.3) is 0 Å². The zero-order valence-electron chi connectivity index (χ0n) is 11.7. The van der Waals surface area contributed by atoms with Crippen molar-refractivity contribution in [2.75, 3.05) is 14.2 Å². The van der Waals surface area contributed by atoms with Gasteiger partial charge in [-0.3, -0.25) is 0 Å². The summed E-state index contributed by atoms with van der Waals surface area (Å²) in [4.78, 5) is 0. The third-order valence-electron chi connectivity index (χ3n) is 3.18. The first kappa shape index (κ1) is 15.9. The predicted octanol–water partition coefficient (Wildman–Crippen LogP) is 5.02. The quantitative estimate of drug-likeness (QED) is 0.717. The van der Waals surface area contributed by atoms with Gasteiger partial charge in [0.2, 0.25) is 0 Å². The van der Waals surface area contributed by atoms with Crippen molar-refractivity contribution in [3.8, 4) is 11.5 Å². The lowest BCUT2D eigenvalue weighted by Gasteiger charge is -2.14. The molecule has 0 fully saturated rings. The minimum atomic E-state index is -0.559. The summed E-state index contributed by atoms with van der Waals surface area (Å²) in [6, 6.07) is 10.0. The molecule has 0 aliphatic rings. The molecule has 0 aliphatic carbocycles. The summed E-state index contributed by atoms with van der Waals surface area (Å²) < 4.78 is 24.3. The standard InChI is InChI=1S/C16H15Cl2FO2/c1-20-14-7-6-10(9-15(14)21-2)8-12(18)16-11(17)4-3-5-13(16)19/h3-7,9,12H,8H2,1-2H3. The number of ether oxygens (including phenoxy) is 2. The molecule has 2 nitrogen and oxygen atoms in total. The fourth-order valence-electron chi connectivity index (χ4n) is 2.13. The van der Waals surface area contributed by atoms with Gasteiger partial charge in [0.25, 0.3) is 0 Å². The van der Waals surface area contributed by atoms with Gasteiger partial charge in [0.1, 0.15) is 5.82 Å². The normalized spacial score (nSPS) is 12.0. The Hall–Kier alpha value is -1.45. The van der Waals surface area contributed by atoms with E-state index in [9.17, 15) is 4.39 Å². The molecule has 1 atom stereocenters. The summed E-state index contributed by atoms with van der Waals surface area (Å²) in [5, 5.41) is -0.229. The smallest absolute Gasteiger partial charge is 0.160 e. The van der Waals surface area contributed by atoms with Gasteiger partial charge >= 0.3 is 0 Å². The lowest BCUT2D eigenvalue weighted by Crippen LogP contribution is -2.01. The molecule has 0 aromatic heterocycles. The summed E-state index contributed by atoms with van der Waals surface area (Å²) in [6.07, 6.45) is 0.433. The van der Waals surface area contributed by atoms with Crippen LogP contribution in [0, 0.1) is 5.82 Å². The van der Waals surface area contributed by atoms with Crippen LogP contribution in [0.15, 0.2) is 36.4 Å². The fourth-order valence-corrected chi connectivity index (χ4v) is 2.88. The van der Waals surface area contributed by atoms with Crippen molar-refractivity contribution >= 4 is 23.2 Å². The van der Waals surface area contributed by atoms with Crippen LogP contribution in [0.3, 0.4) is 0 Å². The zero-order chi connectivity index (χ0) is 15.4. The first-order valence-electron chi connectivity index (χ1n) is 6.35. The number of benzene rings is 2. The second kappa shape index (κ2) is 7.01. The Morgan fingerprint density at radius 3 is 2.43 bits per heavy atom. The van der Waals surface area contributed by atoms with Crippen molar-refractivity contribution in [3.05, 3.63) is 58.4 Å². The minimum Gasteiger partial charge on any atom is -0.493 e. The van der Waals surface area contributed by atoms with Crippen LogP contribution in [0.4, 0.5) is 4.39 Å². The Labute approximate surface area is 133 Å². The fraction of sp³-hybridized carbons (Fsp3) is 0.250. The van der Waals surface area contributed by atoms with Crippen molar-refractivity contribution in [1.82, 2.24) is 0 Å². The molecular weight excluding hydrogens is 314 g/mol. The SMILES string of the molecule is COc1ccc(CC(Cl)c2c(F)cccc2Cl)cc1OC. The number of rotatable bonds is 5. The average molecular weight is 329 g/mol. The molecule has 0 radical (unpaired) electrons. The molecule has 2 aromatic carbocycles. The summed E-state index contributed by atoms with van der Waals surface area (Å²) in [5.74, 6) is 0.845. The van der Waals surface area contributed by atoms with E-state index < -0.39 is 11.2 Å². The highest BCUT2D eigenvalue weighted by atomic mass is 35.5. The number of halogens is 3. The highest BCUT2D eigenvalue weighted by Crippen LogP contribution is 2.35. The monoisotopic (exact) mass is 328 g/mol. The van der Waals surface area contributed by atoms with E-state index >= 15 is 0 Å². The third kappa shape index (κ3) is 3.60. The first-order valence-corrected chi connectivity index (χ1v) is 7.17. The Bertz CT molecular complexity index is 611. The van der Waals surface area contributed by atoms with Gasteiger partial charge < -0.3 is 9.47 Å². The van der Waals surface area contributed by atoms with Crippen molar-refractivity contribution in [1.29, 1.82) is 0 Å². The lowest BCUT2D eigenvalue weighted by molar-refractivity contribution is 0.354. The molecule has 0 saturated heterocycles. The molecule has 21 heavy (non-hydrogen) atoms. The van der Waals surface area contributed by atoms with Crippen molar-refractivity contribution < 1.29 is 13.9 Å². The first-order chi connectivity index (χ1) is 10.1. The maximum absolute atomic E-state index is 13.9. The Balaban J connectivity index is 2.25. The summed E-state index contributed by atoms with van der Waals surface area (Å²) in [5.41, 5.74) is 1.22. The number of alkyl halides is 1. The van der Waals surface area contributed by atoms with E-state index in [1.54, 1.807) is 32.4 Å². The lowest BCUT2D eigenvalue weighted by atomic mass is 10.0. The van der Waals surface area contributed by atoms with Gasteiger partial charge in [-0.15, -0.1) is 11.6 Å². The third-order valence-corrected chi connectivity index (χ3v) is 3.88. The molecule has 0 saturated carbocycles. The van der Waals surface area contributed by atoms with Crippen LogP contribution in [-0.4, -0.2) is 14.2 Å². The molecule has 0 amide bonds. The number of methoxy groups -OCH3 is 2.